The van der Waals surface area contributed by atoms with E-state index in [0.717, 1.165) is 30.8 Å². The first-order valence-corrected chi connectivity index (χ1v) is 7.61. The molecule has 116 valence electrons. The highest BCUT2D eigenvalue weighted by atomic mass is 16.5. The number of hydrogen-bond acceptors (Lipinski definition) is 4. The number of benzene rings is 1. The predicted molar refractivity (Wildman–Crippen MR) is 84.5 cm³/mol. The molecule has 0 bridgehead atoms. The highest BCUT2D eigenvalue weighted by Crippen LogP contribution is 2.17. The van der Waals surface area contributed by atoms with Crippen LogP contribution in [0.4, 0.5) is 5.69 Å². The summed E-state index contributed by atoms with van der Waals surface area (Å²) in [5.74, 6) is 0.796. The summed E-state index contributed by atoms with van der Waals surface area (Å²) in [6.45, 7) is 1.99. The maximum atomic E-state index is 12.2. The maximum Gasteiger partial charge on any atom is 0.238 e. The highest BCUT2D eigenvalue weighted by Gasteiger charge is 2.21. The summed E-state index contributed by atoms with van der Waals surface area (Å²) in [5, 5.41) is 2.93. The lowest BCUT2D eigenvalue weighted by atomic mass is 10.1. The van der Waals surface area contributed by atoms with Gasteiger partial charge in [-0.05, 0) is 43.7 Å². The second-order valence-electron chi connectivity index (χ2n) is 5.49. The summed E-state index contributed by atoms with van der Waals surface area (Å²) in [4.78, 5) is 14.4. The van der Waals surface area contributed by atoms with Crippen LogP contribution in [0.5, 0.6) is 5.75 Å². The standard InChI is InChI=1S/C16H25N3O2/c1-21-15-8-6-13(7-9-15)18-16(20)12-19-10-4-2-3-5-14(19)11-17/h6-9,14H,2-5,10-12,17H2,1H3,(H,18,20). The molecule has 1 fully saturated rings. The van der Waals surface area contributed by atoms with E-state index in [1.165, 1.54) is 12.8 Å². The van der Waals surface area contributed by atoms with Crippen molar-refractivity contribution in [3.63, 3.8) is 0 Å². The Morgan fingerprint density at radius 3 is 2.76 bits per heavy atom. The number of methoxy groups -OCH3 is 1. The molecular formula is C16H25N3O2. The van der Waals surface area contributed by atoms with Crippen LogP contribution in [0.1, 0.15) is 25.7 Å². The second-order valence-corrected chi connectivity index (χ2v) is 5.49. The van der Waals surface area contributed by atoms with Gasteiger partial charge in [0.25, 0.3) is 0 Å². The van der Waals surface area contributed by atoms with Crippen molar-refractivity contribution < 1.29 is 9.53 Å². The number of likely N-dealkylation sites (tertiary alicyclic amines) is 1. The molecule has 1 heterocycles. The fourth-order valence-corrected chi connectivity index (χ4v) is 2.77. The van der Waals surface area contributed by atoms with E-state index in [-0.39, 0.29) is 5.91 Å². The average molecular weight is 291 g/mol. The second kappa shape index (κ2) is 8.00. The van der Waals surface area contributed by atoms with Gasteiger partial charge in [0.1, 0.15) is 5.75 Å². The van der Waals surface area contributed by atoms with Crippen LogP contribution in [0.3, 0.4) is 0 Å². The number of carbonyl (C=O) groups is 1. The number of nitrogens with zero attached hydrogens (tertiary/aromatic N) is 1. The molecule has 1 saturated heterocycles. The molecular weight excluding hydrogens is 266 g/mol. The third kappa shape index (κ3) is 4.72. The zero-order valence-corrected chi connectivity index (χ0v) is 12.7. The molecule has 0 aliphatic carbocycles. The van der Waals surface area contributed by atoms with Gasteiger partial charge in [0.05, 0.1) is 13.7 Å². The fourth-order valence-electron chi connectivity index (χ4n) is 2.77. The van der Waals surface area contributed by atoms with Crippen molar-refractivity contribution in [2.24, 2.45) is 5.73 Å². The molecule has 1 aromatic carbocycles. The number of nitrogens with one attached hydrogen (secondary N) is 1. The van der Waals surface area contributed by atoms with Crippen molar-refractivity contribution >= 4 is 11.6 Å². The Hall–Kier alpha value is -1.59. The quantitative estimate of drug-likeness (QED) is 0.868. The first-order valence-electron chi connectivity index (χ1n) is 7.61. The van der Waals surface area contributed by atoms with Crippen molar-refractivity contribution in [1.82, 2.24) is 4.90 Å². The van der Waals surface area contributed by atoms with Crippen LogP contribution in [-0.2, 0) is 4.79 Å². The average Bonchev–Trinajstić information content (AvgIpc) is 2.73. The van der Waals surface area contributed by atoms with E-state index < -0.39 is 0 Å². The number of amides is 1. The zero-order chi connectivity index (χ0) is 15.1. The molecule has 5 heteroatoms. The third-order valence-electron chi connectivity index (χ3n) is 3.99. The Bertz CT molecular complexity index is 447. The van der Waals surface area contributed by atoms with Gasteiger partial charge < -0.3 is 15.8 Å². The Morgan fingerprint density at radius 2 is 2.10 bits per heavy atom. The van der Waals surface area contributed by atoms with E-state index in [2.05, 4.69) is 10.2 Å². The highest BCUT2D eigenvalue weighted by molar-refractivity contribution is 5.92. The van der Waals surface area contributed by atoms with Gasteiger partial charge in [-0.25, -0.2) is 0 Å². The molecule has 1 aliphatic rings. The van der Waals surface area contributed by atoms with Gasteiger partial charge in [0, 0.05) is 18.3 Å². The summed E-state index contributed by atoms with van der Waals surface area (Å²) in [6.07, 6.45) is 4.67. The largest absolute Gasteiger partial charge is 0.497 e. The van der Waals surface area contributed by atoms with E-state index in [4.69, 9.17) is 10.5 Å². The lowest BCUT2D eigenvalue weighted by Crippen LogP contribution is -2.44. The zero-order valence-electron chi connectivity index (χ0n) is 12.7. The molecule has 5 nitrogen and oxygen atoms in total. The van der Waals surface area contributed by atoms with Gasteiger partial charge in [-0.15, -0.1) is 0 Å². The first kappa shape index (κ1) is 15.8. The predicted octanol–water partition coefficient (Wildman–Crippen LogP) is 1.84. The van der Waals surface area contributed by atoms with Gasteiger partial charge in [-0.3, -0.25) is 9.69 Å². The van der Waals surface area contributed by atoms with E-state index >= 15 is 0 Å². The molecule has 1 aromatic rings. The molecule has 1 aliphatic heterocycles. The van der Waals surface area contributed by atoms with E-state index in [1.54, 1.807) is 7.11 Å². The number of hydrogen-bond donors (Lipinski definition) is 2. The molecule has 0 radical (unpaired) electrons. The van der Waals surface area contributed by atoms with Crippen LogP contribution in [0.15, 0.2) is 24.3 Å². The first-order chi connectivity index (χ1) is 10.2. The minimum absolute atomic E-state index is 0.0144. The van der Waals surface area contributed by atoms with Crippen molar-refractivity contribution in [2.75, 3.05) is 32.1 Å². The van der Waals surface area contributed by atoms with Crippen molar-refractivity contribution in [1.29, 1.82) is 0 Å². The lowest BCUT2D eigenvalue weighted by molar-refractivity contribution is -0.117. The van der Waals surface area contributed by atoms with Crippen LogP contribution in [0.25, 0.3) is 0 Å². The van der Waals surface area contributed by atoms with Crippen molar-refractivity contribution in [3.8, 4) is 5.75 Å². The molecule has 1 atom stereocenters. The summed E-state index contributed by atoms with van der Waals surface area (Å²) >= 11 is 0. The van der Waals surface area contributed by atoms with Crippen molar-refractivity contribution in [3.05, 3.63) is 24.3 Å². The summed E-state index contributed by atoms with van der Waals surface area (Å²) in [6, 6.07) is 7.70. The molecule has 3 N–H and O–H groups in total. The number of nitrogens with two attached hydrogens (primary N) is 1. The van der Waals surface area contributed by atoms with Crippen molar-refractivity contribution in [2.45, 2.75) is 31.7 Å². The van der Waals surface area contributed by atoms with Gasteiger partial charge in [-0.1, -0.05) is 12.8 Å². The number of anilines is 1. The normalized spacial score (nSPS) is 19.8. The van der Waals surface area contributed by atoms with E-state index in [0.29, 0.717) is 19.1 Å². The topological polar surface area (TPSA) is 67.6 Å². The minimum atomic E-state index is 0.0144. The monoisotopic (exact) mass is 291 g/mol. The van der Waals surface area contributed by atoms with Gasteiger partial charge in [-0.2, -0.15) is 0 Å². The molecule has 1 unspecified atom stereocenters. The van der Waals surface area contributed by atoms with E-state index in [1.807, 2.05) is 24.3 Å². The Balaban J connectivity index is 1.89. The number of ether oxygens (including phenoxy) is 1. The Labute approximate surface area is 126 Å². The van der Waals surface area contributed by atoms with Gasteiger partial charge in [0.2, 0.25) is 5.91 Å². The molecule has 0 saturated carbocycles. The number of carbonyl (C=O) groups excluding carboxylic acids is 1. The lowest BCUT2D eigenvalue weighted by Gasteiger charge is -2.28. The van der Waals surface area contributed by atoms with Gasteiger partial charge >= 0.3 is 0 Å². The molecule has 0 spiro atoms. The summed E-state index contributed by atoms with van der Waals surface area (Å²) in [7, 11) is 1.62. The molecule has 1 amide bonds. The van der Waals surface area contributed by atoms with Crippen LogP contribution >= 0.6 is 0 Å². The molecule has 2 rings (SSSR count). The smallest absolute Gasteiger partial charge is 0.238 e. The minimum Gasteiger partial charge on any atom is -0.497 e. The SMILES string of the molecule is COc1ccc(NC(=O)CN2CCCCCC2CN)cc1. The maximum absolute atomic E-state index is 12.2. The Kier molecular flexibility index (Phi) is 6.02. The van der Waals surface area contributed by atoms with Crippen LogP contribution < -0.4 is 15.8 Å². The molecule has 21 heavy (non-hydrogen) atoms. The van der Waals surface area contributed by atoms with Crippen LogP contribution in [0.2, 0.25) is 0 Å². The Morgan fingerprint density at radius 1 is 1.33 bits per heavy atom. The van der Waals surface area contributed by atoms with Crippen LogP contribution in [-0.4, -0.2) is 43.6 Å². The number of rotatable bonds is 5. The summed E-state index contributed by atoms with van der Waals surface area (Å²) in [5.41, 5.74) is 6.63. The third-order valence-corrected chi connectivity index (χ3v) is 3.99. The fraction of sp³-hybridized carbons (Fsp3) is 0.562. The molecule has 0 aromatic heterocycles. The van der Waals surface area contributed by atoms with Gasteiger partial charge in [0.15, 0.2) is 0 Å². The van der Waals surface area contributed by atoms with Crippen LogP contribution in [0, 0.1) is 0 Å². The van der Waals surface area contributed by atoms with E-state index in [9.17, 15) is 4.79 Å². The summed E-state index contributed by atoms with van der Waals surface area (Å²) < 4.78 is 5.10.